The number of nitrogens with zero attached hydrogens (tertiary/aromatic N) is 1. The van der Waals surface area contributed by atoms with Gasteiger partial charge in [-0.15, -0.1) is 0 Å². The first-order chi connectivity index (χ1) is 13.5. The Morgan fingerprint density at radius 1 is 1.21 bits per heavy atom. The third kappa shape index (κ3) is 4.32. The normalized spacial score (nSPS) is 16.3. The molecule has 1 amide bonds. The van der Waals surface area contributed by atoms with E-state index in [0.717, 1.165) is 22.2 Å². The molecule has 1 aliphatic rings. The van der Waals surface area contributed by atoms with E-state index in [1.165, 1.54) is 0 Å². The van der Waals surface area contributed by atoms with Crippen LogP contribution in [0.5, 0.6) is 5.75 Å². The number of thioether (sulfide) groups is 1. The quantitative estimate of drug-likeness (QED) is 0.417. The Hall–Kier alpha value is -2.90. The SMILES string of the molecule is C=CCOc1ccc(/C=C2/SC(=S)N([C@H](C(=O)O)c3ccccc3)C2=O)cc1. The van der Waals surface area contributed by atoms with E-state index in [4.69, 9.17) is 17.0 Å². The molecule has 28 heavy (non-hydrogen) atoms. The summed E-state index contributed by atoms with van der Waals surface area (Å²) in [5.41, 5.74) is 1.29. The third-order valence-corrected chi connectivity index (χ3v) is 5.31. The lowest BCUT2D eigenvalue weighted by Crippen LogP contribution is -2.37. The fraction of sp³-hybridized carbons (Fsp3) is 0.0952. The predicted octanol–water partition coefficient (Wildman–Crippen LogP) is 4.28. The van der Waals surface area contributed by atoms with Crippen LogP contribution < -0.4 is 4.74 Å². The number of carbonyl (C=O) groups is 2. The van der Waals surface area contributed by atoms with Gasteiger partial charge in [0.1, 0.15) is 16.7 Å². The van der Waals surface area contributed by atoms with E-state index >= 15 is 0 Å². The Morgan fingerprint density at radius 3 is 2.50 bits per heavy atom. The van der Waals surface area contributed by atoms with E-state index < -0.39 is 17.9 Å². The number of rotatable bonds is 7. The number of aliphatic carboxylic acids is 1. The predicted molar refractivity (Wildman–Crippen MR) is 114 cm³/mol. The summed E-state index contributed by atoms with van der Waals surface area (Å²) in [6, 6.07) is 14.6. The van der Waals surface area contributed by atoms with Crippen LogP contribution in [0, 0.1) is 0 Å². The number of carboxylic acid groups (broad SMARTS) is 1. The van der Waals surface area contributed by atoms with E-state index in [0.29, 0.717) is 22.8 Å². The number of hydrogen-bond acceptors (Lipinski definition) is 5. The number of carbonyl (C=O) groups excluding carboxylic acids is 1. The van der Waals surface area contributed by atoms with Crippen molar-refractivity contribution in [1.29, 1.82) is 0 Å². The standard InChI is InChI=1S/C21H17NO4S2/c1-2-12-26-16-10-8-14(9-11-16)13-17-19(23)22(21(27)28-17)18(20(24)25)15-6-4-3-5-7-15/h2-11,13,18H,1,12H2,(H,24,25)/b17-13+/t18-/m0/s1. The number of amides is 1. The molecular formula is C21H17NO4S2. The third-order valence-electron chi connectivity index (χ3n) is 3.98. The molecule has 1 atom stereocenters. The van der Waals surface area contributed by atoms with Crippen LogP contribution in [0.3, 0.4) is 0 Å². The van der Waals surface area contributed by atoms with Gasteiger partial charge in [-0.05, 0) is 29.3 Å². The minimum atomic E-state index is -1.16. The molecule has 1 saturated heterocycles. The van der Waals surface area contributed by atoms with Crippen LogP contribution in [-0.2, 0) is 9.59 Å². The molecule has 0 aliphatic carbocycles. The number of thiocarbonyl (C=S) groups is 1. The molecule has 1 aliphatic heterocycles. The first-order valence-corrected chi connectivity index (χ1v) is 9.62. The van der Waals surface area contributed by atoms with Crippen molar-refractivity contribution in [3.63, 3.8) is 0 Å². The molecule has 0 spiro atoms. The molecule has 2 aromatic rings. The summed E-state index contributed by atoms with van der Waals surface area (Å²) in [6.45, 7) is 4.01. The average Bonchev–Trinajstić information content (AvgIpc) is 2.96. The number of benzene rings is 2. The molecule has 0 radical (unpaired) electrons. The molecule has 1 heterocycles. The molecule has 7 heteroatoms. The van der Waals surface area contributed by atoms with E-state index in [1.807, 2.05) is 12.1 Å². The highest BCUT2D eigenvalue weighted by molar-refractivity contribution is 8.26. The Kier molecular flexibility index (Phi) is 6.28. The molecule has 0 bridgehead atoms. The molecule has 142 valence electrons. The highest BCUT2D eigenvalue weighted by Crippen LogP contribution is 2.38. The number of carboxylic acids is 1. The maximum atomic E-state index is 12.9. The van der Waals surface area contributed by atoms with Crippen molar-refractivity contribution in [2.75, 3.05) is 6.61 Å². The molecule has 1 fully saturated rings. The Balaban J connectivity index is 1.85. The van der Waals surface area contributed by atoms with Crippen molar-refractivity contribution in [2.45, 2.75) is 6.04 Å². The van der Waals surface area contributed by atoms with Gasteiger partial charge in [-0.3, -0.25) is 9.69 Å². The van der Waals surface area contributed by atoms with E-state index in [-0.39, 0.29) is 4.32 Å². The van der Waals surface area contributed by atoms with Gasteiger partial charge in [0.25, 0.3) is 5.91 Å². The van der Waals surface area contributed by atoms with Crippen molar-refractivity contribution >= 4 is 46.3 Å². The van der Waals surface area contributed by atoms with Gasteiger partial charge in [0, 0.05) is 0 Å². The van der Waals surface area contributed by atoms with Crippen molar-refractivity contribution < 1.29 is 19.4 Å². The molecular weight excluding hydrogens is 394 g/mol. The van der Waals surface area contributed by atoms with Crippen LogP contribution in [0.4, 0.5) is 0 Å². The molecule has 5 nitrogen and oxygen atoms in total. The zero-order valence-corrected chi connectivity index (χ0v) is 16.4. The van der Waals surface area contributed by atoms with E-state index in [1.54, 1.807) is 54.6 Å². The lowest BCUT2D eigenvalue weighted by atomic mass is 10.1. The maximum Gasteiger partial charge on any atom is 0.331 e. The fourth-order valence-electron chi connectivity index (χ4n) is 2.71. The summed E-state index contributed by atoms with van der Waals surface area (Å²) in [4.78, 5) is 26.3. The van der Waals surface area contributed by atoms with Gasteiger partial charge in [-0.1, -0.05) is 79.1 Å². The minimum absolute atomic E-state index is 0.221. The summed E-state index contributed by atoms with van der Waals surface area (Å²) in [6.07, 6.45) is 3.35. The number of ether oxygens (including phenoxy) is 1. The monoisotopic (exact) mass is 411 g/mol. The summed E-state index contributed by atoms with van der Waals surface area (Å²) < 4.78 is 5.66. The molecule has 0 aromatic heterocycles. The van der Waals surface area contributed by atoms with E-state index in [9.17, 15) is 14.7 Å². The Labute approximate surface area is 172 Å². The topological polar surface area (TPSA) is 66.8 Å². The van der Waals surface area contributed by atoms with Crippen LogP contribution >= 0.6 is 24.0 Å². The van der Waals surface area contributed by atoms with Crippen LogP contribution in [-0.4, -0.2) is 32.8 Å². The number of hydrogen-bond donors (Lipinski definition) is 1. The van der Waals surface area contributed by atoms with Crippen molar-refractivity contribution in [2.24, 2.45) is 0 Å². The Morgan fingerprint density at radius 2 is 1.89 bits per heavy atom. The molecule has 3 rings (SSSR count). The minimum Gasteiger partial charge on any atom is -0.490 e. The first-order valence-electron chi connectivity index (χ1n) is 8.40. The summed E-state index contributed by atoms with van der Waals surface area (Å²) >= 11 is 6.41. The molecule has 2 aromatic carbocycles. The summed E-state index contributed by atoms with van der Waals surface area (Å²) in [5, 5.41) is 9.70. The zero-order valence-electron chi connectivity index (χ0n) is 14.8. The van der Waals surface area contributed by atoms with Crippen LogP contribution in [0.1, 0.15) is 17.2 Å². The second-order valence-electron chi connectivity index (χ2n) is 5.87. The summed E-state index contributed by atoms with van der Waals surface area (Å²) in [7, 11) is 0. The lowest BCUT2D eigenvalue weighted by Gasteiger charge is -2.23. The van der Waals surface area contributed by atoms with Crippen molar-refractivity contribution in [3.05, 3.63) is 83.3 Å². The van der Waals surface area contributed by atoms with Gasteiger partial charge in [0.05, 0.1) is 4.91 Å². The molecule has 1 N–H and O–H groups in total. The smallest absolute Gasteiger partial charge is 0.331 e. The summed E-state index contributed by atoms with van der Waals surface area (Å²) in [5.74, 6) is -0.856. The highest BCUT2D eigenvalue weighted by Gasteiger charge is 2.41. The lowest BCUT2D eigenvalue weighted by molar-refractivity contribution is -0.145. The second kappa shape index (κ2) is 8.86. The fourth-order valence-corrected chi connectivity index (χ4v) is 4.02. The molecule has 0 unspecified atom stereocenters. The van der Waals surface area contributed by atoms with Gasteiger partial charge in [-0.25, -0.2) is 4.79 Å². The van der Waals surface area contributed by atoms with Gasteiger partial charge in [-0.2, -0.15) is 0 Å². The second-order valence-corrected chi connectivity index (χ2v) is 7.55. The largest absolute Gasteiger partial charge is 0.490 e. The average molecular weight is 412 g/mol. The van der Waals surface area contributed by atoms with Crippen molar-refractivity contribution in [3.8, 4) is 5.75 Å². The van der Waals surface area contributed by atoms with Crippen LogP contribution in [0.25, 0.3) is 6.08 Å². The van der Waals surface area contributed by atoms with Crippen molar-refractivity contribution in [1.82, 2.24) is 4.90 Å². The maximum absolute atomic E-state index is 12.9. The van der Waals surface area contributed by atoms with Gasteiger partial charge in [0.15, 0.2) is 6.04 Å². The van der Waals surface area contributed by atoms with Gasteiger partial charge in [0.2, 0.25) is 0 Å². The zero-order chi connectivity index (χ0) is 20.1. The molecule has 0 saturated carbocycles. The van der Waals surface area contributed by atoms with Gasteiger partial charge < -0.3 is 9.84 Å². The van der Waals surface area contributed by atoms with Gasteiger partial charge >= 0.3 is 5.97 Å². The van der Waals surface area contributed by atoms with Crippen LogP contribution in [0.2, 0.25) is 0 Å². The Bertz CT molecular complexity index is 939. The highest BCUT2D eigenvalue weighted by atomic mass is 32.2. The van der Waals surface area contributed by atoms with Crippen LogP contribution in [0.15, 0.2) is 72.2 Å². The van der Waals surface area contributed by atoms with E-state index in [2.05, 4.69) is 6.58 Å². The first kappa shape index (κ1) is 19.9.